The third-order valence-electron chi connectivity index (χ3n) is 4.20. The minimum atomic E-state index is -0.200. The molecule has 146 valence electrons. The van der Waals surface area contributed by atoms with E-state index in [4.69, 9.17) is 10.7 Å². The third kappa shape index (κ3) is 3.78. The summed E-state index contributed by atoms with van der Waals surface area (Å²) in [5.41, 5.74) is 9.96. The molecule has 3 rings (SSSR count). The third-order valence-corrected chi connectivity index (χ3v) is 4.20. The molecule has 0 aromatic carbocycles. The first-order valence-corrected chi connectivity index (χ1v) is 8.97. The van der Waals surface area contributed by atoms with Crippen LogP contribution in [0.3, 0.4) is 0 Å². The number of nitrogens with two attached hydrogens (primary N) is 1. The Morgan fingerprint density at radius 3 is 2.93 bits per heavy atom. The highest BCUT2D eigenvalue weighted by Crippen LogP contribution is 2.30. The molecule has 0 aliphatic heterocycles. The molecule has 9 nitrogen and oxygen atoms in total. The largest absolute Gasteiger partial charge is 0.386 e. The molecule has 0 radical (unpaired) electrons. The number of hydrogen-bond acceptors (Lipinski definition) is 5. The second-order valence-electron chi connectivity index (χ2n) is 6.64. The van der Waals surface area contributed by atoms with Gasteiger partial charge in [0.2, 0.25) is 0 Å². The summed E-state index contributed by atoms with van der Waals surface area (Å²) in [6.45, 7) is 6.33. The van der Waals surface area contributed by atoms with E-state index < -0.39 is 0 Å². The van der Waals surface area contributed by atoms with Gasteiger partial charge in [-0.05, 0) is 39.0 Å². The molecule has 0 aliphatic carbocycles. The van der Waals surface area contributed by atoms with Crippen LogP contribution in [0.2, 0.25) is 0 Å². The second kappa shape index (κ2) is 8.03. The number of nitrogens with zero attached hydrogens (tertiary/aromatic N) is 5. The van der Waals surface area contributed by atoms with Crippen molar-refractivity contribution in [3.63, 3.8) is 0 Å². The standard InChI is InChI=1S/C19H24N8O/c1-11(2)27-18-15(23-9-16(20)24-10-21-4)8-14(25-17(18)12(3)26-27)13-6-5-7-22-19(13)28/h5-8,10-11H,9H2,1-4H3,(H,22,28)(H,23,25)(H2,20,21,24). The molecule has 3 aromatic rings. The van der Waals surface area contributed by atoms with Crippen LogP contribution in [-0.4, -0.2) is 45.5 Å². The Bertz CT molecular complexity index is 1110. The van der Waals surface area contributed by atoms with Gasteiger partial charge in [-0.3, -0.25) is 14.5 Å². The van der Waals surface area contributed by atoms with E-state index in [1.165, 1.54) is 6.34 Å². The Kier molecular flexibility index (Phi) is 5.53. The van der Waals surface area contributed by atoms with Crippen molar-refractivity contribution in [3.8, 4) is 11.3 Å². The Morgan fingerprint density at radius 1 is 1.46 bits per heavy atom. The molecule has 0 bridgehead atoms. The molecule has 3 heterocycles. The summed E-state index contributed by atoms with van der Waals surface area (Å²) in [6, 6.07) is 5.50. The van der Waals surface area contributed by atoms with Crippen LogP contribution in [0, 0.1) is 6.92 Å². The molecular weight excluding hydrogens is 356 g/mol. The van der Waals surface area contributed by atoms with Gasteiger partial charge in [-0.1, -0.05) is 0 Å². The highest BCUT2D eigenvalue weighted by molar-refractivity contribution is 5.96. The van der Waals surface area contributed by atoms with Crippen molar-refractivity contribution in [1.82, 2.24) is 19.7 Å². The number of nitrogens with one attached hydrogen (secondary N) is 2. The van der Waals surface area contributed by atoms with Crippen LogP contribution in [-0.2, 0) is 0 Å². The molecule has 0 saturated heterocycles. The zero-order chi connectivity index (χ0) is 20.3. The number of aryl methyl sites for hydroxylation is 1. The van der Waals surface area contributed by atoms with Crippen LogP contribution in [0.15, 0.2) is 39.2 Å². The van der Waals surface area contributed by atoms with Crippen LogP contribution in [0.25, 0.3) is 22.3 Å². The number of H-pyrrole nitrogens is 1. The monoisotopic (exact) mass is 380 g/mol. The van der Waals surface area contributed by atoms with Crippen molar-refractivity contribution in [1.29, 1.82) is 0 Å². The van der Waals surface area contributed by atoms with Crippen molar-refractivity contribution in [2.75, 3.05) is 18.9 Å². The van der Waals surface area contributed by atoms with Gasteiger partial charge in [0, 0.05) is 19.3 Å². The molecular formula is C19H24N8O. The van der Waals surface area contributed by atoms with Crippen LogP contribution < -0.4 is 16.6 Å². The van der Waals surface area contributed by atoms with E-state index in [2.05, 4.69) is 39.2 Å². The number of aromatic nitrogens is 4. The lowest BCUT2D eigenvalue weighted by atomic mass is 10.1. The van der Waals surface area contributed by atoms with Crippen molar-refractivity contribution < 1.29 is 0 Å². The molecule has 28 heavy (non-hydrogen) atoms. The summed E-state index contributed by atoms with van der Waals surface area (Å²) in [4.78, 5) is 27.5. The van der Waals surface area contributed by atoms with E-state index in [0.29, 0.717) is 23.6 Å². The average molecular weight is 380 g/mol. The number of aliphatic imine (C=N–C) groups is 2. The first-order valence-electron chi connectivity index (χ1n) is 8.97. The SMILES string of the molecule is CN=CN=C(N)CNc1cc(-c2ccc[nH]c2=O)nc2c(C)nn(C(C)C)c12. The van der Waals surface area contributed by atoms with Gasteiger partial charge in [-0.2, -0.15) is 5.10 Å². The van der Waals surface area contributed by atoms with E-state index in [9.17, 15) is 4.79 Å². The Morgan fingerprint density at radius 2 is 2.25 bits per heavy atom. The zero-order valence-corrected chi connectivity index (χ0v) is 16.4. The molecule has 0 saturated carbocycles. The first-order chi connectivity index (χ1) is 13.4. The molecule has 0 amide bonds. The minimum absolute atomic E-state index is 0.141. The van der Waals surface area contributed by atoms with Crippen molar-refractivity contribution >= 4 is 28.9 Å². The van der Waals surface area contributed by atoms with Gasteiger partial charge in [0.25, 0.3) is 5.56 Å². The van der Waals surface area contributed by atoms with Crippen LogP contribution in [0.5, 0.6) is 0 Å². The molecule has 3 aromatic heterocycles. The van der Waals surface area contributed by atoms with Gasteiger partial charge in [0.1, 0.15) is 23.2 Å². The Labute approximate surface area is 162 Å². The van der Waals surface area contributed by atoms with E-state index in [-0.39, 0.29) is 11.6 Å². The maximum absolute atomic E-state index is 12.3. The summed E-state index contributed by atoms with van der Waals surface area (Å²) in [5, 5.41) is 7.93. The number of pyridine rings is 2. The highest BCUT2D eigenvalue weighted by Gasteiger charge is 2.18. The number of hydrogen-bond donors (Lipinski definition) is 3. The van der Waals surface area contributed by atoms with Crippen LogP contribution in [0.4, 0.5) is 5.69 Å². The maximum Gasteiger partial charge on any atom is 0.257 e. The molecule has 0 atom stereocenters. The van der Waals surface area contributed by atoms with E-state index in [1.807, 2.05) is 17.7 Å². The highest BCUT2D eigenvalue weighted by atomic mass is 16.1. The molecule has 0 spiro atoms. The Hall–Kier alpha value is -3.49. The predicted octanol–water partition coefficient (Wildman–Crippen LogP) is 2.10. The molecule has 0 aliphatic rings. The summed E-state index contributed by atoms with van der Waals surface area (Å²) >= 11 is 0. The van der Waals surface area contributed by atoms with Crippen LogP contribution >= 0.6 is 0 Å². The number of aromatic amines is 1. The molecule has 0 unspecified atom stereocenters. The number of anilines is 1. The predicted molar refractivity (Wildman–Crippen MR) is 113 cm³/mol. The van der Waals surface area contributed by atoms with Gasteiger partial charge in [-0.25, -0.2) is 9.98 Å². The molecule has 9 heteroatoms. The zero-order valence-electron chi connectivity index (χ0n) is 16.4. The summed E-state index contributed by atoms with van der Waals surface area (Å²) in [5.74, 6) is 0.391. The number of amidine groups is 1. The Balaban J connectivity index is 2.17. The summed E-state index contributed by atoms with van der Waals surface area (Å²) in [6.07, 6.45) is 2.99. The lowest BCUT2D eigenvalue weighted by Crippen LogP contribution is -2.23. The fraction of sp³-hybridized carbons (Fsp3) is 0.316. The fourth-order valence-electron chi connectivity index (χ4n) is 2.91. The van der Waals surface area contributed by atoms with Gasteiger partial charge in [0.05, 0.1) is 29.2 Å². The second-order valence-corrected chi connectivity index (χ2v) is 6.64. The quantitative estimate of drug-likeness (QED) is 0.446. The lowest BCUT2D eigenvalue weighted by molar-refractivity contribution is 0.547. The van der Waals surface area contributed by atoms with E-state index in [1.54, 1.807) is 25.4 Å². The van der Waals surface area contributed by atoms with Gasteiger partial charge >= 0.3 is 0 Å². The molecule has 4 N–H and O–H groups in total. The normalized spacial score (nSPS) is 12.4. The van der Waals surface area contributed by atoms with Crippen LogP contribution in [0.1, 0.15) is 25.6 Å². The van der Waals surface area contributed by atoms with E-state index in [0.717, 1.165) is 22.4 Å². The van der Waals surface area contributed by atoms with Gasteiger partial charge in [-0.15, -0.1) is 0 Å². The van der Waals surface area contributed by atoms with Crippen molar-refractivity contribution in [2.45, 2.75) is 26.8 Å². The van der Waals surface area contributed by atoms with Crippen molar-refractivity contribution in [2.24, 2.45) is 15.7 Å². The average Bonchev–Trinajstić information content (AvgIpc) is 3.02. The minimum Gasteiger partial charge on any atom is -0.386 e. The number of fused-ring (bicyclic) bond motifs is 1. The van der Waals surface area contributed by atoms with Crippen molar-refractivity contribution in [3.05, 3.63) is 40.4 Å². The van der Waals surface area contributed by atoms with Gasteiger partial charge < -0.3 is 16.0 Å². The lowest BCUT2D eigenvalue weighted by Gasteiger charge is -2.13. The number of rotatable bonds is 6. The summed E-state index contributed by atoms with van der Waals surface area (Å²) < 4.78 is 1.92. The smallest absolute Gasteiger partial charge is 0.257 e. The fourth-order valence-corrected chi connectivity index (χ4v) is 2.91. The molecule has 0 fully saturated rings. The van der Waals surface area contributed by atoms with Gasteiger partial charge in [0.15, 0.2) is 0 Å². The maximum atomic E-state index is 12.3. The topological polar surface area (TPSA) is 126 Å². The first kappa shape index (κ1) is 19.3. The van der Waals surface area contributed by atoms with E-state index >= 15 is 0 Å². The summed E-state index contributed by atoms with van der Waals surface area (Å²) in [7, 11) is 1.63.